The van der Waals surface area contributed by atoms with E-state index in [0.717, 1.165) is 29.9 Å². The first kappa shape index (κ1) is 26.4. The van der Waals surface area contributed by atoms with Crippen LogP contribution in [0.3, 0.4) is 0 Å². The van der Waals surface area contributed by atoms with E-state index < -0.39 is 11.6 Å². The summed E-state index contributed by atoms with van der Waals surface area (Å²) in [7, 11) is 0. The minimum Gasteiger partial charge on any atom is -0.473 e. The highest BCUT2D eigenvalue weighted by Crippen LogP contribution is 2.25. The van der Waals surface area contributed by atoms with Gasteiger partial charge in [0.2, 0.25) is 5.88 Å². The van der Waals surface area contributed by atoms with Gasteiger partial charge in [-0.15, -0.1) is 0 Å². The molecule has 4 aromatic rings. The van der Waals surface area contributed by atoms with Gasteiger partial charge in [-0.1, -0.05) is 17.7 Å². The summed E-state index contributed by atoms with van der Waals surface area (Å²) in [5, 5.41) is 9.55. The molecule has 0 unspecified atom stereocenters. The van der Waals surface area contributed by atoms with Crippen molar-refractivity contribution in [2.24, 2.45) is 0 Å². The van der Waals surface area contributed by atoms with Gasteiger partial charge in [0, 0.05) is 55.5 Å². The van der Waals surface area contributed by atoms with Crippen molar-refractivity contribution < 1.29 is 18.3 Å². The van der Waals surface area contributed by atoms with Crippen LogP contribution in [0.2, 0.25) is 5.02 Å². The second-order valence-electron chi connectivity index (χ2n) is 9.83. The number of aromatic nitrogens is 4. The normalized spacial score (nSPS) is 17.6. The molecule has 0 aliphatic carbocycles. The fraction of sp³-hybridized carbons (Fsp3) is 0.357. The highest BCUT2D eigenvalue weighted by molar-refractivity contribution is 6.30. The summed E-state index contributed by atoms with van der Waals surface area (Å²) < 4.78 is 42.3. The maximum Gasteiger partial charge on any atom is 0.215 e. The SMILES string of the molecule is N#Cc1cc2nc(CN3CCN(c4nc(OCc5ccc(Cl)cc5F)ccc4F)CC3)n(C[C@@H]3CCO3)c2cn1. The monoisotopic (exact) mass is 565 g/mol. The highest BCUT2D eigenvalue weighted by atomic mass is 35.5. The number of halogens is 3. The van der Waals surface area contributed by atoms with Gasteiger partial charge in [0.15, 0.2) is 11.6 Å². The van der Waals surface area contributed by atoms with E-state index in [1.165, 1.54) is 18.2 Å². The van der Waals surface area contributed by atoms with Crippen LogP contribution < -0.4 is 9.64 Å². The van der Waals surface area contributed by atoms with Gasteiger partial charge in [-0.3, -0.25) is 4.90 Å². The standard InChI is InChI=1S/C28H26ClF2N7O2/c29-19-2-1-18(23(31)11-19)17-40-27-4-3-22(30)28(35-27)37-8-6-36(7-9-37)16-26-34-24-12-20(13-32)33-14-25(24)38(26)15-21-5-10-39-21/h1-4,11-12,14,21H,5-10,15-17H2/t21-/m0/s1. The maximum absolute atomic E-state index is 14.8. The quantitative estimate of drug-likeness (QED) is 0.312. The van der Waals surface area contributed by atoms with Crippen molar-refractivity contribution in [2.75, 3.05) is 37.7 Å². The predicted molar refractivity (Wildman–Crippen MR) is 144 cm³/mol. The number of piperazine rings is 1. The predicted octanol–water partition coefficient (Wildman–Crippen LogP) is 4.32. The van der Waals surface area contributed by atoms with Gasteiger partial charge in [-0.2, -0.15) is 10.2 Å². The summed E-state index contributed by atoms with van der Waals surface area (Å²) in [6.45, 7) is 4.47. The zero-order valence-corrected chi connectivity index (χ0v) is 22.3. The van der Waals surface area contributed by atoms with Crippen molar-refractivity contribution in [1.29, 1.82) is 5.26 Å². The van der Waals surface area contributed by atoms with Gasteiger partial charge < -0.3 is 18.9 Å². The minimum absolute atomic E-state index is 0.0485. The molecule has 2 saturated heterocycles. The summed E-state index contributed by atoms with van der Waals surface area (Å²) in [4.78, 5) is 17.6. The van der Waals surface area contributed by atoms with Crippen LogP contribution in [0, 0.1) is 23.0 Å². The Balaban J connectivity index is 1.12. The second kappa shape index (κ2) is 11.3. The van der Waals surface area contributed by atoms with E-state index in [1.54, 1.807) is 24.4 Å². The maximum atomic E-state index is 14.8. The third kappa shape index (κ3) is 5.56. The Hall–Kier alpha value is -3.85. The van der Waals surface area contributed by atoms with E-state index in [4.69, 9.17) is 26.1 Å². The number of imidazole rings is 1. The smallest absolute Gasteiger partial charge is 0.215 e. The lowest BCUT2D eigenvalue weighted by atomic mass is 10.2. The molecule has 0 amide bonds. The van der Waals surface area contributed by atoms with Crippen LogP contribution in [0.4, 0.5) is 14.6 Å². The van der Waals surface area contributed by atoms with Crippen LogP contribution in [0.15, 0.2) is 42.6 Å². The lowest BCUT2D eigenvalue weighted by Crippen LogP contribution is -2.47. The van der Waals surface area contributed by atoms with Crippen molar-refractivity contribution in [1.82, 2.24) is 24.4 Å². The number of hydrogen-bond acceptors (Lipinski definition) is 8. The van der Waals surface area contributed by atoms with Gasteiger partial charge in [-0.25, -0.2) is 18.7 Å². The largest absolute Gasteiger partial charge is 0.473 e. The first-order valence-corrected chi connectivity index (χ1v) is 13.4. The Morgan fingerprint density at radius 2 is 1.90 bits per heavy atom. The van der Waals surface area contributed by atoms with Crippen LogP contribution >= 0.6 is 11.6 Å². The van der Waals surface area contributed by atoms with Crippen molar-refractivity contribution in [3.8, 4) is 11.9 Å². The molecule has 0 radical (unpaired) electrons. The summed E-state index contributed by atoms with van der Waals surface area (Å²) >= 11 is 5.81. The molecule has 0 bridgehead atoms. The molecule has 0 N–H and O–H groups in total. The fourth-order valence-electron chi connectivity index (χ4n) is 4.92. The highest BCUT2D eigenvalue weighted by Gasteiger charge is 2.26. The Bertz CT molecular complexity index is 1580. The number of rotatable bonds is 8. The Kier molecular flexibility index (Phi) is 7.47. The zero-order valence-electron chi connectivity index (χ0n) is 21.6. The molecule has 2 aliphatic rings. The van der Waals surface area contributed by atoms with Crippen molar-refractivity contribution in [2.45, 2.75) is 32.2 Å². The van der Waals surface area contributed by atoms with Crippen LogP contribution in [-0.2, 0) is 24.4 Å². The zero-order chi connectivity index (χ0) is 27.6. The number of benzene rings is 1. The molecule has 40 heavy (non-hydrogen) atoms. The third-order valence-corrected chi connectivity index (χ3v) is 7.47. The fourth-order valence-corrected chi connectivity index (χ4v) is 5.07. The average Bonchev–Trinajstić information content (AvgIpc) is 3.27. The van der Waals surface area contributed by atoms with Crippen molar-refractivity contribution in [3.63, 3.8) is 0 Å². The number of fused-ring (bicyclic) bond motifs is 1. The number of anilines is 1. The van der Waals surface area contributed by atoms with Crippen LogP contribution in [0.5, 0.6) is 5.88 Å². The molecule has 1 atom stereocenters. The molecule has 3 aromatic heterocycles. The van der Waals surface area contributed by atoms with Crippen molar-refractivity contribution in [3.05, 3.63) is 76.3 Å². The van der Waals surface area contributed by atoms with E-state index >= 15 is 0 Å². The van der Waals surface area contributed by atoms with Crippen molar-refractivity contribution >= 4 is 28.5 Å². The molecular weight excluding hydrogens is 540 g/mol. The minimum atomic E-state index is -0.471. The topological polar surface area (TPSA) is 92.3 Å². The molecule has 0 saturated carbocycles. The molecule has 9 nitrogen and oxygen atoms in total. The first-order valence-electron chi connectivity index (χ1n) is 13.0. The molecule has 12 heteroatoms. The Morgan fingerprint density at radius 3 is 2.62 bits per heavy atom. The number of nitrogens with zero attached hydrogens (tertiary/aromatic N) is 7. The van der Waals surface area contributed by atoms with Gasteiger partial charge in [0.1, 0.15) is 30.0 Å². The van der Waals surface area contributed by atoms with Crippen LogP contribution in [0.25, 0.3) is 11.0 Å². The summed E-state index contributed by atoms with van der Waals surface area (Å²) in [6, 6.07) is 10.9. The Morgan fingerprint density at radius 1 is 1.07 bits per heavy atom. The number of hydrogen-bond donors (Lipinski definition) is 0. The molecule has 2 fully saturated rings. The third-order valence-electron chi connectivity index (χ3n) is 7.24. The average molecular weight is 566 g/mol. The van der Waals surface area contributed by atoms with E-state index in [-0.39, 0.29) is 24.4 Å². The lowest BCUT2D eigenvalue weighted by Gasteiger charge is -2.35. The molecule has 206 valence electrons. The number of nitriles is 1. The van der Waals surface area contributed by atoms with Gasteiger partial charge in [0.05, 0.1) is 36.4 Å². The molecule has 5 heterocycles. The van der Waals surface area contributed by atoms with Crippen LogP contribution in [0.1, 0.15) is 23.5 Å². The van der Waals surface area contributed by atoms with Gasteiger partial charge in [0.25, 0.3) is 0 Å². The van der Waals surface area contributed by atoms with E-state index in [1.807, 2.05) is 4.90 Å². The molecule has 1 aromatic carbocycles. The lowest BCUT2D eigenvalue weighted by molar-refractivity contribution is -0.0592. The molecule has 0 spiro atoms. The summed E-state index contributed by atoms with van der Waals surface area (Å²) in [6.07, 6.45) is 2.84. The van der Waals surface area contributed by atoms with Gasteiger partial charge >= 0.3 is 0 Å². The van der Waals surface area contributed by atoms with E-state index in [9.17, 15) is 14.0 Å². The first-order chi connectivity index (χ1) is 19.5. The molecular formula is C28H26ClF2N7O2. The number of ether oxygens (including phenoxy) is 2. The summed E-state index contributed by atoms with van der Waals surface area (Å²) in [5.41, 5.74) is 2.28. The summed E-state index contributed by atoms with van der Waals surface area (Å²) in [5.74, 6) is 0.386. The Labute approximate surface area is 234 Å². The van der Waals surface area contributed by atoms with E-state index in [0.29, 0.717) is 55.5 Å². The number of pyridine rings is 2. The second-order valence-corrected chi connectivity index (χ2v) is 10.3. The van der Waals surface area contributed by atoms with E-state index in [2.05, 4.69) is 25.5 Å². The molecule has 6 rings (SSSR count). The molecule has 2 aliphatic heterocycles. The van der Waals surface area contributed by atoms with Crippen LogP contribution in [-0.4, -0.2) is 63.3 Å². The van der Waals surface area contributed by atoms with Gasteiger partial charge in [-0.05, 0) is 24.6 Å².